The van der Waals surface area contributed by atoms with Crippen molar-refractivity contribution < 1.29 is 38.1 Å². The van der Waals surface area contributed by atoms with E-state index in [-0.39, 0.29) is 5.33 Å². The number of methoxy groups -OCH3 is 2. The van der Waals surface area contributed by atoms with Crippen molar-refractivity contribution in [1.29, 1.82) is 0 Å². The standard InChI is InChI=1S/C8H14BrO8P/c1-14-6(10)4-8(5-9,7(11)15-2)18(12,13)17-16-3/h4-5H2,1-3H3,(H,12,13). The number of carbonyl (C=O) groups excluding carboxylic acids is 2. The van der Waals surface area contributed by atoms with Crippen LogP contribution in [0.5, 0.6) is 0 Å². The normalized spacial score (nSPS) is 17.4. The van der Waals surface area contributed by atoms with Gasteiger partial charge in [0.15, 0.2) is 5.16 Å². The highest BCUT2D eigenvalue weighted by molar-refractivity contribution is 9.09. The highest BCUT2D eigenvalue weighted by atomic mass is 79.9. The van der Waals surface area contributed by atoms with Crippen LogP contribution in [0.4, 0.5) is 0 Å². The summed E-state index contributed by atoms with van der Waals surface area (Å²) < 4.78 is 25.0. The lowest BCUT2D eigenvalue weighted by molar-refractivity contribution is -0.190. The number of halogens is 1. The van der Waals surface area contributed by atoms with Gasteiger partial charge in [-0.15, -0.1) is 4.67 Å². The van der Waals surface area contributed by atoms with E-state index in [1.165, 1.54) is 0 Å². The van der Waals surface area contributed by atoms with Gasteiger partial charge in [0.05, 0.1) is 27.8 Å². The molecule has 0 amide bonds. The molecule has 0 aromatic rings. The van der Waals surface area contributed by atoms with Crippen LogP contribution in [0, 0.1) is 0 Å². The Balaban J connectivity index is 5.56. The lowest BCUT2D eigenvalue weighted by Gasteiger charge is -2.30. The Kier molecular flexibility index (Phi) is 7.01. The van der Waals surface area contributed by atoms with Crippen molar-refractivity contribution in [3.05, 3.63) is 0 Å². The van der Waals surface area contributed by atoms with Crippen LogP contribution in [0.1, 0.15) is 6.42 Å². The average Bonchev–Trinajstić information content (AvgIpc) is 2.34. The van der Waals surface area contributed by atoms with E-state index in [1.807, 2.05) is 0 Å². The molecule has 8 nitrogen and oxygen atoms in total. The minimum Gasteiger partial charge on any atom is -0.469 e. The molecule has 0 bridgehead atoms. The van der Waals surface area contributed by atoms with Crippen molar-refractivity contribution in [1.82, 2.24) is 0 Å². The Bertz CT molecular complexity index is 359. The Hall–Kier alpha value is -0.470. The van der Waals surface area contributed by atoms with Crippen LogP contribution in [0.2, 0.25) is 0 Å². The Labute approximate surface area is 112 Å². The maximum Gasteiger partial charge on any atom is 0.373 e. The van der Waals surface area contributed by atoms with Crippen LogP contribution in [-0.2, 0) is 33.2 Å². The van der Waals surface area contributed by atoms with Crippen LogP contribution < -0.4 is 0 Å². The molecular weight excluding hydrogens is 335 g/mol. The summed E-state index contributed by atoms with van der Waals surface area (Å²) in [5.74, 6) is -1.96. The molecule has 0 heterocycles. The molecule has 0 aliphatic rings. The van der Waals surface area contributed by atoms with Crippen LogP contribution >= 0.6 is 23.5 Å². The van der Waals surface area contributed by atoms with Crippen molar-refractivity contribution in [2.45, 2.75) is 11.6 Å². The van der Waals surface area contributed by atoms with Gasteiger partial charge in [-0.2, -0.15) is 0 Å². The smallest absolute Gasteiger partial charge is 0.373 e. The average molecular weight is 349 g/mol. The molecule has 18 heavy (non-hydrogen) atoms. The summed E-state index contributed by atoms with van der Waals surface area (Å²) in [5.41, 5.74) is 0. The molecule has 10 heteroatoms. The molecule has 0 rings (SSSR count). The Morgan fingerprint density at radius 1 is 1.28 bits per heavy atom. The number of esters is 2. The van der Waals surface area contributed by atoms with Crippen LogP contribution in [-0.4, -0.2) is 48.6 Å². The second-order valence-electron chi connectivity index (χ2n) is 3.17. The number of ether oxygens (including phenoxy) is 2. The van der Waals surface area contributed by atoms with E-state index in [0.29, 0.717) is 0 Å². The van der Waals surface area contributed by atoms with Gasteiger partial charge in [0.2, 0.25) is 0 Å². The zero-order valence-electron chi connectivity index (χ0n) is 10.0. The molecule has 0 fully saturated rings. The molecule has 0 aliphatic heterocycles. The lowest BCUT2D eigenvalue weighted by Crippen LogP contribution is -2.44. The van der Waals surface area contributed by atoms with Crippen molar-refractivity contribution in [3.63, 3.8) is 0 Å². The molecular formula is C8H14BrO8P. The van der Waals surface area contributed by atoms with Gasteiger partial charge in [0, 0.05) is 5.33 Å². The molecule has 0 saturated carbocycles. The molecule has 0 radical (unpaired) electrons. The quantitative estimate of drug-likeness (QED) is 0.234. The maximum absolute atomic E-state index is 12.0. The zero-order valence-corrected chi connectivity index (χ0v) is 12.5. The fourth-order valence-electron chi connectivity index (χ4n) is 1.14. The summed E-state index contributed by atoms with van der Waals surface area (Å²) >= 11 is 2.90. The van der Waals surface area contributed by atoms with Gasteiger partial charge in [-0.1, -0.05) is 15.9 Å². The van der Waals surface area contributed by atoms with Gasteiger partial charge >= 0.3 is 19.5 Å². The zero-order chi connectivity index (χ0) is 14.4. The largest absolute Gasteiger partial charge is 0.469 e. The fourth-order valence-corrected chi connectivity index (χ4v) is 3.66. The van der Waals surface area contributed by atoms with Crippen molar-refractivity contribution in [3.8, 4) is 0 Å². The molecule has 2 unspecified atom stereocenters. The van der Waals surface area contributed by atoms with E-state index >= 15 is 0 Å². The second kappa shape index (κ2) is 7.20. The number of alkyl halides is 1. The SMILES string of the molecule is COOP(=O)(O)C(CBr)(CC(=O)OC)C(=O)OC. The first-order valence-electron chi connectivity index (χ1n) is 4.57. The summed E-state index contributed by atoms with van der Waals surface area (Å²) in [5, 5.41) is -2.48. The van der Waals surface area contributed by atoms with E-state index in [4.69, 9.17) is 0 Å². The number of rotatable bonds is 7. The van der Waals surface area contributed by atoms with Crippen molar-refractivity contribution >= 4 is 35.5 Å². The molecule has 0 aromatic heterocycles. The Morgan fingerprint density at radius 3 is 2.17 bits per heavy atom. The van der Waals surface area contributed by atoms with Crippen LogP contribution in [0.15, 0.2) is 0 Å². The van der Waals surface area contributed by atoms with E-state index in [2.05, 4.69) is 35.0 Å². The first kappa shape index (κ1) is 17.5. The van der Waals surface area contributed by atoms with E-state index in [9.17, 15) is 19.0 Å². The third-order valence-electron chi connectivity index (χ3n) is 2.17. The summed E-state index contributed by atoms with van der Waals surface area (Å²) in [7, 11) is -1.52. The van der Waals surface area contributed by atoms with Crippen molar-refractivity contribution in [2.75, 3.05) is 26.7 Å². The number of hydrogen-bond donors (Lipinski definition) is 1. The second-order valence-corrected chi connectivity index (χ2v) is 5.78. The van der Waals surface area contributed by atoms with Crippen LogP contribution in [0.25, 0.3) is 0 Å². The minimum atomic E-state index is -4.62. The molecule has 106 valence electrons. The van der Waals surface area contributed by atoms with Gasteiger partial charge in [0.1, 0.15) is 0 Å². The fraction of sp³-hybridized carbons (Fsp3) is 0.750. The highest BCUT2D eigenvalue weighted by Crippen LogP contribution is 2.58. The first-order valence-corrected chi connectivity index (χ1v) is 7.27. The summed E-state index contributed by atoms with van der Waals surface area (Å²) in [6, 6.07) is 0. The molecule has 0 aliphatic carbocycles. The monoisotopic (exact) mass is 348 g/mol. The minimum absolute atomic E-state index is 0.348. The molecule has 0 spiro atoms. The van der Waals surface area contributed by atoms with Gasteiger partial charge in [0.25, 0.3) is 0 Å². The molecule has 0 aromatic carbocycles. The van der Waals surface area contributed by atoms with E-state index in [1.54, 1.807) is 0 Å². The predicted molar refractivity (Wildman–Crippen MR) is 63.1 cm³/mol. The molecule has 1 N–H and O–H groups in total. The van der Waals surface area contributed by atoms with Gasteiger partial charge in [-0.3, -0.25) is 14.2 Å². The van der Waals surface area contributed by atoms with E-state index < -0.39 is 31.1 Å². The Morgan fingerprint density at radius 2 is 1.83 bits per heavy atom. The highest BCUT2D eigenvalue weighted by Gasteiger charge is 2.58. The van der Waals surface area contributed by atoms with Crippen LogP contribution in [0.3, 0.4) is 0 Å². The van der Waals surface area contributed by atoms with Gasteiger partial charge in [-0.05, 0) is 0 Å². The van der Waals surface area contributed by atoms with Crippen molar-refractivity contribution in [2.24, 2.45) is 0 Å². The topological polar surface area (TPSA) is 108 Å². The maximum atomic E-state index is 12.0. The number of hydrogen-bond acceptors (Lipinski definition) is 7. The predicted octanol–water partition coefficient (Wildman–Crippen LogP) is 0.620. The lowest BCUT2D eigenvalue weighted by atomic mass is 10.1. The third-order valence-corrected chi connectivity index (χ3v) is 5.49. The van der Waals surface area contributed by atoms with Gasteiger partial charge < -0.3 is 14.4 Å². The summed E-state index contributed by atoms with van der Waals surface area (Å²) in [6.07, 6.45) is -0.696. The summed E-state index contributed by atoms with van der Waals surface area (Å²) in [4.78, 5) is 36.9. The first-order chi connectivity index (χ1) is 8.31. The number of carbonyl (C=O) groups is 2. The summed E-state index contributed by atoms with van der Waals surface area (Å²) in [6.45, 7) is 0. The van der Waals surface area contributed by atoms with E-state index in [0.717, 1.165) is 21.3 Å². The van der Waals surface area contributed by atoms with Gasteiger partial charge in [-0.25, -0.2) is 4.89 Å². The third kappa shape index (κ3) is 3.52. The molecule has 2 atom stereocenters. The molecule has 0 saturated heterocycles.